The molecule has 2 aromatic heterocycles. The van der Waals surface area contributed by atoms with Crippen molar-refractivity contribution in [1.82, 2.24) is 18.7 Å². The Morgan fingerprint density at radius 3 is 2.19 bits per heavy atom. The van der Waals surface area contributed by atoms with Crippen molar-refractivity contribution in [2.75, 3.05) is 6.54 Å². The van der Waals surface area contributed by atoms with Crippen molar-refractivity contribution >= 4 is 11.2 Å². The summed E-state index contributed by atoms with van der Waals surface area (Å²) in [4.78, 5) is 29.6. The molecule has 21 heavy (non-hydrogen) atoms. The molecule has 0 saturated carbocycles. The molecule has 0 aliphatic carbocycles. The van der Waals surface area contributed by atoms with E-state index in [9.17, 15) is 9.59 Å². The van der Waals surface area contributed by atoms with E-state index in [0.717, 1.165) is 5.82 Å². The molecule has 2 rings (SSSR count). The molecular formula is C14H23N5O2. The van der Waals surface area contributed by atoms with Crippen LogP contribution < -0.4 is 17.0 Å². The molecule has 2 aromatic rings. The third-order valence-corrected chi connectivity index (χ3v) is 3.65. The molecule has 0 fully saturated rings. The van der Waals surface area contributed by atoms with Crippen LogP contribution in [-0.2, 0) is 19.6 Å². The quantitative estimate of drug-likeness (QED) is 0.868. The maximum atomic E-state index is 12.7. The lowest BCUT2D eigenvalue weighted by Gasteiger charge is -2.10. The van der Waals surface area contributed by atoms with Gasteiger partial charge in [-0.15, -0.1) is 0 Å². The lowest BCUT2D eigenvalue weighted by molar-refractivity contribution is 0.584. The van der Waals surface area contributed by atoms with Crippen LogP contribution in [0.1, 0.15) is 39.4 Å². The number of nitrogens with two attached hydrogens (primary N) is 1. The van der Waals surface area contributed by atoms with Crippen LogP contribution >= 0.6 is 0 Å². The third kappa shape index (κ3) is 2.31. The Hall–Kier alpha value is -1.89. The number of rotatable bonds is 5. The van der Waals surface area contributed by atoms with Crippen LogP contribution in [0.15, 0.2) is 9.59 Å². The van der Waals surface area contributed by atoms with Gasteiger partial charge < -0.3 is 10.3 Å². The average molecular weight is 293 g/mol. The maximum absolute atomic E-state index is 12.7. The zero-order valence-corrected chi connectivity index (χ0v) is 13.1. The third-order valence-electron chi connectivity index (χ3n) is 3.65. The smallest absolute Gasteiger partial charge is 0.329 e. The van der Waals surface area contributed by atoms with E-state index < -0.39 is 0 Å². The second-order valence-electron chi connectivity index (χ2n) is 5.31. The minimum Gasteiger partial charge on any atom is -0.329 e. The monoisotopic (exact) mass is 293 g/mol. The summed E-state index contributed by atoms with van der Waals surface area (Å²) in [5.41, 5.74) is 5.87. The molecule has 7 nitrogen and oxygen atoms in total. The summed E-state index contributed by atoms with van der Waals surface area (Å²) in [6.07, 6.45) is 0. The number of fused-ring (bicyclic) bond motifs is 1. The van der Waals surface area contributed by atoms with Gasteiger partial charge >= 0.3 is 5.69 Å². The van der Waals surface area contributed by atoms with Crippen molar-refractivity contribution < 1.29 is 0 Å². The van der Waals surface area contributed by atoms with Crippen molar-refractivity contribution in [1.29, 1.82) is 0 Å². The van der Waals surface area contributed by atoms with E-state index in [0.29, 0.717) is 24.3 Å². The van der Waals surface area contributed by atoms with E-state index in [1.54, 1.807) is 4.57 Å². The summed E-state index contributed by atoms with van der Waals surface area (Å²) in [6, 6.07) is 0. The first kappa shape index (κ1) is 15.5. The molecule has 2 N–H and O–H groups in total. The average Bonchev–Trinajstić information content (AvgIpc) is 2.83. The summed E-state index contributed by atoms with van der Waals surface area (Å²) in [7, 11) is 0. The van der Waals surface area contributed by atoms with E-state index in [-0.39, 0.29) is 30.3 Å². The van der Waals surface area contributed by atoms with Crippen LogP contribution in [0.25, 0.3) is 11.2 Å². The van der Waals surface area contributed by atoms with Crippen LogP contribution in [0, 0.1) is 0 Å². The Bertz CT molecular complexity index is 766. The Morgan fingerprint density at radius 1 is 1.10 bits per heavy atom. The largest absolute Gasteiger partial charge is 0.332 e. The van der Waals surface area contributed by atoms with E-state index in [2.05, 4.69) is 4.98 Å². The van der Waals surface area contributed by atoms with E-state index in [4.69, 9.17) is 5.73 Å². The van der Waals surface area contributed by atoms with Crippen molar-refractivity contribution in [2.45, 2.75) is 53.2 Å². The van der Waals surface area contributed by atoms with Gasteiger partial charge in [-0.05, 0) is 13.8 Å². The molecule has 0 spiro atoms. The number of hydrogen-bond acceptors (Lipinski definition) is 4. The van der Waals surface area contributed by atoms with E-state index >= 15 is 0 Å². The van der Waals surface area contributed by atoms with Gasteiger partial charge in [0.1, 0.15) is 5.82 Å². The summed E-state index contributed by atoms with van der Waals surface area (Å²) >= 11 is 0. The van der Waals surface area contributed by atoms with Gasteiger partial charge in [0.05, 0.1) is 0 Å². The van der Waals surface area contributed by atoms with Gasteiger partial charge in [-0.1, -0.05) is 13.8 Å². The number of hydrogen-bond donors (Lipinski definition) is 1. The van der Waals surface area contributed by atoms with Crippen molar-refractivity contribution in [3.05, 3.63) is 26.7 Å². The summed E-state index contributed by atoms with van der Waals surface area (Å²) in [5.74, 6) is 1.01. The van der Waals surface area contributed by atoms with Crippen LogP contribution in [-0.4, -0.2) is 25.2 Å². The predicted octanol–water partition coefficient (Wildman–Crippen LogP) is 0.482. The highest BCUT2D eigenvalue weighted by atomic mass is 16.2. The van der Waals surface area contributed by atoms with Gasteiger partial charge in [0.15, 0.2) is 11.2 Å². The maximum Gasteiger partial charge on any atom is 0.332 e. The van der Waals surface area contributed by atoms with Gasteiger partial charge in [0.25, 0.3) is 5.56 Å². The Balaban J connectivity index is 3.00. The minimum absolute atomic E-state index is 0.181. The highest BCUT2D eigenvalue weighted by Gasteiger charge is 2.21. The van der Waals surface area contributed by atoms with Crippen LogP contribution in [0.3, 0.4) is 0 Å². The lowest BCUT2D eigenvalue weighted by atomic mass is 10.2. The highest BCUT2D eigenvalue weighted by molar-refractivity contribution is 5.71. The van der Waals surface area contributed by atoms with Crippen LogP contribution in [0.4, 0.5) is 0 Å². The molecule has 116 valence electrons. The van der Waals surface area contributed by atoms with E-state index in [1.807, 2.05) is 32.3 Å². The van der Waals surface area contributed by atoms with Gasteiger partial charge in [-0.2, -0.15) is 0 Å². The summed E-state index contributed by atoms with van der Waals surface area (Å²) in [6.45, 7) is 9.49. The normalized spacial score (nSPS) is 11.7. The molecule has 0 bridgehead atoms. The van der Waals surface area contributed by atoms with Gasteiger partial charge in [0.2, 0.25) is 0 Å². The minimum atomic E-state index is -0.337. The molecule has 0 aromatic carbocycles. The predicted molar refractivity (Wildman–Crippen MR) is 82.7 cm³/mol. The molecule has 0 radical (unpaired) electrons. The first-order valence-electron chi connectivity index (χ1n) is 7.41. The van der Waals surface area contributed by atoms with Gasteiger partial charge in [-0.3, -0.25) is 13.9 Å². The van der Waals surface area contributed by atoms with Gasteiger partial charge in [-0.25, -0.2) is 9.78 Å². The molecule has 0 aliphatic heterocycles. The zero-order valence-electron chi connectivity index (χ0n) is 13.1. The van der Waals surface area contributed by atoms with Crippen molar-refractivity contribution in [2.24, 2.45) is 5.73 Å². The van der Waals surface area contributed by atoms with Gasteiger partial charge in [0, 0.05) is 32.1 Å². The number of aromatic nitrogens is 4. The molecule has 0 unspecified atom stereocenters. The fraction of sp³-hybridized carbons (Fsp3) is 0.643. The number of nitrogens with zero attached hydrogens (tertiary/aromatic N) is 4. The fourth-order valence-electron chi connectivity index (χ4n) is 2.68. The molecule has 0 amide bonds. The zero-order chi connectivity index (χ0) is 15.7. The number of imidazole rings is 1. The first-order chi connectivity index (χ1) is 9.97. The molecule has 7 heteroatoms. The second-order valence-corrected chi connectivity index (χ2v) is 5.31. The first-order valence-corrected chi connectivity index (χ1v) is 7.41. The molecule has 0 atom stereocenters. The van der Waals surface area contributed by atoms with E-state index in [1.165, 1.54) is 4.57 Å². The molecule has 0 saturated heterocycles. The van der Waals surface area contributed by atoms with Crippen LogP contribution in [0.2, 0.25) is 0 Å². The SMILES string of the molecule is CCn1c(C(C)C)nc2c1c(=O)n(CCN)c(=O)n2CC. The Labute approximate surface area is 123 Å². The number of aryl methyl sites for hydroxylation is 2. The second kappa shape index (κ2) is 5.85. The topological polar surface area (TPSA) is 87.8 Å². The molecular weight excluding hydrogens is 270 g/mol. The molecule has 2 heterocycles. The summed E-state index contributed by atoms with van der Waals surface area (Å²) < 4.78 is 4.66. The summed E-state index contributed by atoms with van der Waals surface area (Å²) in [5, 5.41) is 0. The lowest BCUT2D eigenvalue weighted by Crippen LogP contribution is -2.41. The molecule has 0 aliphatic rings. The fourth-order valence-corrected chi connectivity index (χ4v) is 2.68. The van der Waals surface area contributed by atoms with Crippen LogP contribution in [0.5, 0.6) is 0 Å². The van der Waals surface area contributed by atoms with Crippen molar-refractivity contribution in [3.63, 3.8) is 0 Å². The highest BCUT2D eigenvalue weighted by Crippen LogP contribution is 2.18. The Morgan fingerprint density at radius 2 is 1.71 bits per heavy atom. The standard InChI is InChI=1S/C14H23N5O2/c1-5-17-10-12(16-11(17)9(3)4)18(6-2)14(21)19(8-7-15)13(10)20/h9H,5-8,15H2,1-4H3. The Kier molecular flexibility index (Phi) is 4.32. The van der Waals surface area contributed by atoms with Crippen molar-refractivity contribution in [3.8, 4) is 0 Å².